The lowest BCUT2D eigenvalue weighted by Crippen LogP contribution is -2.55. The van der Waals surface area contributed by atoms with Crippen molar-refractivity contribution in [1.29, 1.82) is 0 Å². The smallest absolute Gasteiger partial charge is 0.458 e. The predicted octanol–water partition coefficient (Wildman–Crippen LogP) is 10.8. The number of esters is 1. The average molecular weight is 868 g/mol. The molecule has 1 unspecified atom stereocenters. The number of allylic oxidation sites excluding steroid dienone is 1. The third-order valence-electron chi connectivity index (χ3n) is 10.2. The van der Waals surface area contributed by atoms with E-state index in [2.05, 4.69) is 22.1 Å². The Labute approximate surface area is 359 Å². The summed E-state index contributed by atoms with van der Waals surface area (Å²) in [6.07, 6.45) is 7.08. The summed E-state index contributed by atoms with van der Waals surface area (Å²) < 4.78 is 91.2. The number of anilines is 1. The van der Waals surface area contributed by atoms with E-state index in [4.69, 9.17) is 9.47 Å². The molecule has 1 aliphatic rings. The zero-order chi connectivity index (χ0) is 44.1. The van der Waals surface area contributed by atoms with Crippen molar-refractivity contribution >= 4 is 33.8 Å². The lowest BCUT2D eigenvalue weighted by molar-refractivity contribution is -0.147. The largest absolute Gasteiger partial charge is 0.534 e. The Kier molecular flexibility index (Phi) is 15.4. The number of halogens is 4. The van der Waals surface area contributed by atoms with Crippen LogP contribution in [0, 0.1) is 23.6 Å². The van der Waals surface area contributed by atoms with Crippen LogP contribution in [0.3, 0.4) is 0 Å². The van der Waals surface area contributed by atoms with Gasteiger partial charge < -0.3 is 18.6 Å². The fraction of sp³-hybridized carbons (Fsp3) is 0.265. The van der Waals surface area contributed by atoms with Gasteiger partial charge in [-0.05, 0) is 102 Å². The SMILES string of the molecule is CC(=O)OC(CC[C@H]1C(=O)N(c2ccc(OS(=O)(=O)C(F)(F)F)cc2)[C@@H]1c1ccc(CC=Cc2ccccc2C#CCCCCOCc2ccccc2)cc1)c1ccc(F)cc1. The Morgan fingerprint density at radius 2 is 1.55 bits per heavy atom. The molecule has 3 atom stereocenters. The van der Waals surface area contributed by atoms with E-state index in [1.807, 2.05) is 84.9 Å². The van der Waals surface area contributed by atoms with Crippen molar-refractivity contribution in [3.8, 4) is 17.6 Å². The van der Waals surface area contributed by atoms with Gasteiger partial charge in [0.05, 0.1) is 18.6 Å². The first kappa shape index (κ1) is 45.3. The second-order valence-electron chi connectivity index (χ2n) is 14.7. The summed E-state index contributed by atoms with van der Waals surface area (Å²) >= 11 is 0. The zero-order valence-corrected chi connectivity index (χ0v) is 34.7. The maximum atomic E-state index is 13.8. The number of nitrogens with zero attached hydrogens (tertiary/aromatic N) is 1. The highest BCUT2D eigenvalue weighted by atomic mass is 32.2. The van der Waals surface area contributed by atoms with Crippen LogP contribution in [0.1, 0.15) is 84.6 Å². The van der Waals surface area contributed by atoms with Gasteiger partial charge in [0.1, 0.15) is 17.7 Å². The van der Waals surface area contributed by atoms with Crippen LogP contribution in [-0.2, 0) is 42.2 Å². The molecule has 0 radical (unpaired) electrons. The molecule has 0 saturated carbocycles. The number of β-lactam (4-membered cyclic amide) rings is 1. The van der Waals surface area contributed by atoms with Crippen LogP contribution >= 0.6 is 0 Å². The molecule has 0 aromatic heterocycles. The minimum atomic E-state index is -5.89. The molecular formula is C49H45F4NO7S. The van der Waals surface area contributed by atoms with E-state index in [0.29, 0.717) is 30.9 Å². The molecule has 5 aromatic rings. The Balaban J connectivity index is 1.12. The van der Waals surface area contributed by atoms with E-state index in [0.717, 1.165) is 59.2 Å². The van der Waals surface area contributed by atoms with Crippen molar-refractivity contribution in [3.63, 3.8) is 0 Å². The first-order chi connectivity index (χ1) is 29.8. The summed E-state index contributed by atoms with van der Waals surface area (Å²) in [7, 11) is -5.89. The highest BCUT2D eigenvalue weighted by Gasteiger charge is 2.50. The van der Waals surface area contributed by atoms with E-state index >= 15 is 0 Å². The summed E-state index contributed by atoms with van der Waals surface area (Å²) in [5.41, 5.74) is 0.106. The summed E-state index contributed by atoms with van der Waals surface area (Å²) in [4.78, 5) is 27.3. The third-order valence-corrected chi connectivity index (χ3v) is 11.2. The van der Waals surface area contributed by atoms with Gasteiger partial charge in [-0.1, -0.05) is 109 Å². The fourth-order valence-corrected chi connectivity index (χ4v) is 7.57. The molecule has 62 heavy (non-hydrogen) atoms. The normalized spacial score (nSPS) is 15.7. The molecule has 1 saturated heterocycles. The maximum Gasteiger partial charge on any atom is 0.534 e. The van der Waals surface area contributed by atoms with Crippen molar-refractivity contribution in [3.05, 3.63) is 173 Å². The molecule has 1 fully saturated rings. The van der Waals surface area contributed by atoms with Gasteiger partial charge >= 0.3 is 21.6 Å². The molecule has 322 valence electrons. The van der Waals surface area contributed by atoms with Gasteiger partial charge in [0.25, 0.3) is 0 Å². The quantitative estimate of drug-likeness (QED) is 0.0164. The number of benzene rings is 5. The highest BCUT2D eigenvalue weighted by Crippen LogP contribution is 2.47. The first-order valence-corrected chi connectivity index (χ1v) is 21.5. The third kappa shape index (κ3) is 12.2. The van der Waals surface area contributed by atoms with E-state index in [1.54, 1.807) is 0 Å². The number of hydrogen-bond donors (Lipinski definition) is 0. The molecule has 5 aromatic carbocycles. The second kappa shape index (κ2) is 21.0. The Hall–Kier alpha value is -6.23. The van der Waals surface area contributed by atoms with Gasteiger partial charge in [0, 0.05) is 31.2 Å². The highest BCUT2D eigenvalue weighted by molar-refractivity contribution is 7.88. The molecular weight excluding hydrogens is 823 g/mol. The van der Waals surface area contributed by atoms with Crippen LogP contribution in [0.2, 0.25) is 0 Å². The Morgan fingerprint density at radius 1 is 0.855 bits per heavy atom. The van der Waals surface area contributed by atoms with Crippen LogP contribution in [0.25, 0.3) is 6.08 Å². The number of unbranched alkanes of at least 4 members (excludes halogenated alkanes) is 2. The molecule has 0 aliphatic carbocycles. The number of carbonyl (C=O) groups excluding carboxylic acids is 2. The van der Waals surface area contributed by atoms with Gasteiger partial charge in [0.2, 0.25) is 5.91 Å². The molecule has 1 heterocycles. The van der Waals surface area contributed by atoms with Crippen LogP contribution in [0.15, 0.2) is 133 Å². The van der Waals surface area contributed by atoms with Crippen molar-refractivity contribution in [2.45, 2.75) is 69.7 Å². The first-order valence-electron chi connectivity index (χ1n) is 20.1. The fourth-order valence-electron chi connectivity index (χ4n) is 7.11. The maximum absolute atomic E-state index is 13.8. The minimum Gasteiger partial charge on any atom is -0.458 e. The average Bonchev–Trinajstić information content (AvgIpc) is 3.25. The monoisotopic (exact) mass is 867 g/mol. The molecule has 0 spiro atoms. The van der Waals surface area contributed by atoms with Gasteiger partial charge in [0.15, 0.2) is 0 Å². The van der Waals surface area contributed by atoms with Crippen molar-refractivity contribution in [2.24, 2.45) is 5.92 Å². The molecule has 1 amide bonds. The molecule has 0 bridgehead atoms. The number of amides is 1. The lowest BCUT2D eigenvalue weighted by atomic mass is 9.78. The van der Waals surface area contributed by atoms with Gasteiger partial charge in [-0.15, -0.1) is 0 Å². The number of rotatable bonds is 18. The van der Waals surface area contributed by atoms with Crippen molar-refractivity contribution in [1.82, 2.24) is 0 Å². The molecule has 13 heteroatoms. The number of carbonyl (C=O) groups is 2. The number of alkyl halides is 3. The zero-order valence-electron chi connectivity index (χ0n) is 33.9. The van der Waals surface area contributed by atoms with Crippen LogP contribution < -0.4 is 9.08 Å². The predicted molar refractivity (Wildman–Crippen MR) is 228 cm³/mol. The molecule has 1 aliphatic heterocycles. The van der Waals surface area contributed by atoms with E-state index in [9.17, 15) is 35.6 Å². The Morgan fingerprint density at radius 3 is 2.24 bits per heavy atom. The van der Waals surface area contributed by atoms with Gasteiger partial charge in [-0.25, -0.2) is 4.39 Å². The summed E-state index contributed by atoms with van der Waals surface area (Å²) in [6, 6.07) is 35.5. The van der Waals surface area contributed by atoms with E-state index < -0.39 is 51.2 Å². The van der Waals surface area contributed by atoms with E-state index in [-0.39, 0.29) is 18.7 Å². The topological polar surface area (TPSA) is 99.2 Å². The number of hydrogen-bond acceptors (Lipinski definition) is 7. The molecule has 6 rings (SSSR count). The van der Waals surface area contributed by atoms with Gasteiger partial charge in [-0.3, -0.25) is 9.59 Å². The van der Waals surface area contributed by atoms with Crippen LogP contribution in [0.4, 0.5) is 23.2 Å². The van der Waals surface area contributed by atoms with Crippen molar-refractivity contribution < 1.29 is 49.2 Å². The summed E-state index contributed by atoms with van der Waals surface area (Å²) in [5.74, 6) is 4.13. The minimum absolute atomic E-state index is 0.243. The molecule has 0 N–H and O–H groups in total. The summed E-state index contributed by atoms with van der Waals surface area (Å²) in [6.45, 7) is 2.55. The second-order valence-corrected chi connectivity index (χ2v) is 16.2. The lowest BCUT2D eigenvalue weighted by Gasteiger charge is -2.48. The van der Waals surface area contributed by atoms with Crippen LogP contribution in [0.5, 0.6) is 5.75 Å². The van der Waals surface area contributed by atoms with E-state index in [1.165, 1.54) is 48.2 Å². The Bertz CT molecular complexity index is 2480. The summed E-state index contributed by atoms with van der Waals surface area (Å²) in [5, 5.41) is 0. The number of ether oxygens (including phenoxy) is 2. The standard InChI is InChI=1S/C49H45F4NO7S/c1-35(55)60-46(40-23-25-42(50)26-24-40)32-31-45-47(54(48(45)56)43-27-29-44(30-28-43)61-62(57,58)49(51,52)53)41-21-19-36(20-22-41)14-11-18-39-17-9-8-16-38(39)15-7-2-3-10-33-59-34-37-12-5-4-6-13-37/h4-6,8-9,11-13,16-30,45-47H,2-3,10,14,31-34H2,1H3/t45-,46?,47-/m1/s1. The van der Waals surface area contributed by atoms with Crippen molar-refractivity contribution in [2.75, 3.05) is 11.5 Å². The molecule has 8 nitrogen and oxygen atoms in total. The van der Waals surface area contributed by atoms with Gasteiger partial charge in [-0.2, -0.15) is 21.6 Å². The van der Waals surface area contributed by atoms with Crippen LogP contribution in [-0.4, -0.2) is 32.4 Å².